The van der Waals surface area contributed by atoms with E-state index in [1.165, 1.54) is 22.3 Å². The number of hydrogen-bond donors (Lipinski definition) is 0. The van der Waals surface area contributed by atoms with Crippen LogP contribution in [0.2, 0.25) is 0 Å². The lowest BCUT2D eigenvalue weighted by Crippen LogP contribution is -2.12. The summed E-state index contributed by atoms with van der Waals surface area (Å²) in [4.78, 5) is 0. The van der Waals surface area contributed by atoms with Crippen LogP contribution in [0.25, 0.3) is 0 Å². The molecular formula is C20H26OS. The van der Waals surface area contributed by atoms with Gasteiger partial charge in [0.15, 0.2) is 0 Å². The van der Waals surface area contributed by atoms with E-state index in [1.807, 2.05) is 0 Å². The summed E-state index contributed by atoms with van der Waals surface area (Å²) >= 11 is -0.676. The van der Waals surface area contributed by atoms with Gasteiger partial charge in [-0.15, -0.1) is 0 Å². The van der Waals surface area contributed by atoms with Gasteiger partial charge in [-0.3, -0.25) is 0 Å². The average Bonchev–Trinajstić information content (AvgIpc) is 2.51. The van der Waals surface area contributed by atoms with Crippen LogP contribution in [-0.2, 0) is 24.0 Å². The molecule has 0 aliphatic rings. The Morgan fingerprint density at radius 2 is 1.05 bits per heavy atom. The lowest BCUT2D eigenvalue weighted by molar-refractivity contribution is 0.589. The lowest BCUT2D eigenvalue weighted by Gasteiger charge is -2.11. The van der Waals surface area contributed by atoms with E-state index < -0.39 is 11.2 Å². The molecule has 0 unspecified atom stereocenters. The number of rotatable bonds is 8. The molecule has 0 saturated carbocycles. The SMILES string of the molecule is Cc1ccc(CCC[S+]([O-])CCCc2ccc(C)cc2)cc1. The smallest absolute Gasteiger partial charge is 0.105 e. The second-order valence-electron chi connectivity index (χ2n) is 6.03. The van der Waals surface area contributed by atoms with Gasteiger partial charge < -0.3 is 4.55 Å². The average molecular weight is 314 g/mol. The first-order valence-corrected chi connectivity index (χ1v) is 9.58. The topological polar surface area (TPSA) is 23.1 Å². The van der Waals surface area contributed by atoms with Gasteiger partial charge in [-0.25, -0.2) is 0 Å². The van der Waals surface area contributed by atoms with Gasteiger partial charge in [0.05, 0.1) is 0 Å². The van der Waals surface area contributed by atoms with Crippen molar-refractivity contribution in [1.82, 2.24) is 0 Å². The van der Waals surface area contributed by atoms with Crippen molar-refractivity contribution in [2.45, 2.75) is 39.5 Å². The highest BCUT2D eigenvalue weighted by Gasteiger charge is 2.06. The van der Waals surface area contributed by atoms with Gasteiger partial charge in [-0.1, -0.05) is 70.8 Å². The predicted molar refractivity (Wildman–Crippen MR) is 96.9 cm³/mol. The molecule has 2 heteroatoms. The van der Waals surface area contributed by atoms with Gasteiger partial charge in [0.2, 0.25) is 0 Å². The summed E-state index contributed by atoms with van der Waals surface area (Å²) in [6, 6.07) is 17.3. The minimum Gasteiger partial charge on any atom is -0.616 e. The summed E-state index contributed by atoms with van der Waals surface area (Å²) in [6.45, 7) is 4.21. The monoisotopic (exact) mass is 314 g/mol. The zero-order valence-corrected chi connectivity index (χ0v) is 14.5. The number of benzene rings is 2. The maximum Gasteiger partial charge on any atom is 0.105 e. The van der Waals surface area contributed by atoms with Gasteiger partial charge in [-0.05, 0) is 50.7 Å². The molecule has 2 aromatic carbocycles. The molecule has 2 aromatic rings. The molecule has 0 amide bonds. The van der Waals surface area contributed by atoms with Crippen LogP contribution in [-0.4, -0.2) is 16.1 Å². The summed E-state index contributed by atoms with van der Waals surface area (Å²) in [7, 11) is 0. The molecule has 22 heavy (non-hydrogen) atoms. The standard InChI is InChI=1S/C20H26OS/c1-17-7-11-19(12-8-17)5-3-15-22(21)16-4-6-20-13-9-18(2)10-14-20/h7-14H,3-6,15-16H2,1-2H3. The first-order chi connectivity index (χ1) is 10.6. The van der Waals surface area contributed by atoms with Gasteiger partial charge in [0, 0.05) is 0 Å². The molecular weight excluding hydrogens is 288 g/mol. The molecule has 0 aliphatic heterocycles. The highest BCUT2D eigenvalue weighted by molar-refractivity contribution is 7.91. The van der Waals surface area contributed by atoms with Crippen LogP contribution >= 0.6 is 0 Å². The van der Waals surface area contributed by atoms with E-state index in [4.69, 9.17) is 0 Å². The second kappa shape index (κ2) is 9.02. The third-order valence-corrected chi connectivity index (χ3v) is 5.40. The molecule has 0 N–H and O–H groups in total. The van der Waals surface area contributed by atoms with Gasteiger partial charge >= 0.3 is 0 Å². The van der Waals surface area contributed by atoms with Crippen LogP contribution < -0.4 is 0 Å². The molecule has 0 atom stereocenters. The van der Waals surface area contributed by atoms with Crippen molar-refractivity contribution in [1.29, 1.82) is 0 Å². The minimum absolute atomic E-state index is 0.676. The van der Waals surface area contributed by atoms with Crippen LogP contribution in [0.5, 0.6) is 0 Å². The molecule has 0 spiro atoms. The summed E-state index contributed by atoms with van der Waals surface area (Å²) < 4.78 is 12.0. The van der Waals surface area contributed by atoms with Gasteiger partial charge in [0.25, 0.3) is 0 Å². The van der Waals surface area contributed by atoms with Crippen molar-refractivity contribution < 1.29 is 4.55 Å². The van der Waals surface area contributed by atoms with E-state index in [0.717, 1.165) is 37.2 Å². The molecule has 118 valence electrons. The van der Waals surface area contributed by atoms with Crippen LogP contribution in [0, 0.1) is 13.8 Å². The fourth-order valence-electron chi connectivity index (χ4n) is 2.49. The maximum atomic E-state index is 12.0. The van der Waals surface area contributed by atoms with Crippen LogP contribution in [0.4, 0.5) is 0 Å². The molecule has 0 aliphatic carbocycles. The van der Waals surface area contributed by atoms with Crippen molar-refractivity contribution in [2.24, 2.45) is 0 Å². The largest absolute Gasteiger partial charge is 0.616 e. The van der Waals surface area contributed by atoms with Crippen molar-refractivity contribution in [3.05, 3.63) is 70.8 Å². The van der Waals surface area contributed by atoms with E-state index in [0.29, 0.717) is 0 Å². The Balaban J connectivity index is 1.60. The Kier molecular flexibility index (Phi) is 7.01. The van der Waals surface area contributed by atoms with Crippen LogP contribution in [0.1, 0.15) is 35.1 Å². The summed E-state index contributed by atoms with van der Waals surface area (Å²) in [5.41, 5.74) is 5.29. The molecule has 0 bridgehead atoms. The lowest BCUT2D eigenvalue weighted by atomic mass is 10.1. The third kappa shape index (κ3) is 6.25. The van der Waals surface area contributed by atoms with Crippen LogP contribution in [0.15, 0.2) is 48.5 Å². The van der Waals surface area contributed by atoms with Crippen molar-refractivity contribution >= 4 is 11.2 Å². The summed E-state index contributed by atoms with van der Waals surface area (Å²) in [5.74, 6) is 1.64. The highest BCUT2D eigenvalue weighted by atomic mass is 32.2. The third-order valence-electron chi connectivity index (χ3n) is 3.92. The first-order valence-electron chi connectivity index (χ1n) is 8.09. The molecule has 0 heterocycles. The summed E-state index contributed by atoms with van der Waals surface area (Å²) in [5, 5.41) is 0. The van der Waals surface area contributed by atoms with Crippen LogP contribution in [0.3, 0.4) is 0 Å². The van der Waals surface area contributed by atoms with E-state index in [-0.39, 0.29) is 0 Å². The van der Waals surface area contributed by atoms with Crippen molar-refractivity contribution in [3.8, 4) is 0 Å². The zero-order chi connectivity index (χ0) is 15.8. The Labute approximate surface area is 138 Å². The molecule has 0 aromatic heterocycles. The van der Waals surface area contributed by atoms with E-state index in [1.54, 1.807) is 0 Å². The normalized spacial score (nSPS) is 11.1. The Hall–Kier alpha value is -1.25. The van der Waals surface area contributed by atoms with E-state index >= 15 is 0 Å². The quantitative estimate of drug-likeness (QED) is 0.652. The maximum absolute atomic E-state index is 12.0. The zero-order valence-electron chi connectivity index (χ0n) is 13.7. The Morgan fingerprint density at radius 1 is 0.682 bits per heavy atom. The first kappa shape index (κ1) is 17.1. The fourth-order valence-corrected chi connectivity index (χ4v) is 3.62. The molecule has 0 saturated heterocycles. The molecule has 0 fully saturated rings. The minimum atomic E-state index is -0.676. The Bertz CT molecular complexity index is 493. The van der Waals surface area contributed by atoms with E-state index in [9.17, 15) is 4.55 Å². The van der Waals surface area contributed by atoms with E-state index in [2.05, 4.69) is 62.4 Å². The van der Waals surface area contributed by atoms with Crippen molar-refractivity contribution in [3.63, 3.8) is 0 Å². The number of hydrogen-bond acceptors (Lipinski definition) is 1. The van der Waals surface area contributed by atoms with Gasteiger partial charge in [-0.2, -0.15) is 0 Å². The summed E-state index contributed by atoms with van der Waals surface area (Å²) in [6.07, 6.45) is 4.09. The van der Waals surface area contributed by atoms with Crippen molar-refractivity contribution in [2.75, 3.05) is 11.5 Å². The van der Waals surface area contributed by atoms with Gasteiger partial charge in [0.1, 0.15) is 11.5 Å². The predicted octanol–water partition coefficient (Wildman–Crippen LogP) is 4.62. The molecule has 0 radical (unpaired) electrons. The second-order valence-corrected chi connectivity index (χ2v) is 7.72. The number of aryl methyl sites for hydroxylation is 4. The molecule has 1 nitrogen and oxygen atoms in total. The molecule has 2 rings (SSSR count). The highest BCUT2D eigenvalue weighted by Crippen LogP contribution is 2.10. The Morgan fingerprint density at radius 3 is 1.41 bits per heavy atom. The fraction of sp³-hybridized carbons (Fsp3) is 0.400.